The van der Waals surface area contributed by atoms with Crippen LogP contribution in [0.5, 0.6) is 0 Å². The Morgan fingerprint density at radius 3 is 2.65 bits per heavy atom. The Morgan fingerprint density at radius 2 is 1.85 bits per heavy atom. The average molecular weight is 268 g/mol. The van der Waals surface area contributed by atoms with Crippen molar-refractivity contribution < 1.29 is 0 Å². The number of aromatic nitrogens is 1. The second kappa shape index (κ2) is 6.36. The summed E-state index contributed by atoms with van der Waals surface area (Å²) in [6.07, 6.45) is 6.77. The van der Waals surface area contributed by atoms with Gasteiger partial charge in [-0.2, -0.15) is 0 Å². The molecule has 1 N–H and O–H groups in total. The lowest BCUT2D eigenvalue weighted by molar-refractivity contribution is 0.285. The molecule has 0 bridgehead atoms. The van der Waals surface area contributed by atoms with Crippen LogP contribution in [0.25, 0.3) is 10.9 Å². The minimum Gasteiger partial charge on any atom is -0.308 e. The number of nitrogens with one attached hydrogen (secondary N) is 1. The summed E-state index contributed by atoms with van der Waals surface area (Å²) in [5, 5.41) is 4.91. The highest BCUT2D eigenvalue weighted by molar-refractivity contribution is 5.78. The smallest absolute Gasteiger partial charge is 0.0705 e. The van der Waals surface area contributed by atoms with Crippen molar-refractivity contribution in [2.45, 2.75) is 51.6 Å². The largest absolute Gasteiger partial charge is 0.308 e. The van der Waals surface area contributed by atoms with Crippen LogP contribution in [0.15, 0.2) is 36.4 Å². The van der Waals surface area contributed by atoms with Crippen molar-refractivity contribution in [3.63, 3.8) is 0 Å². The molecular weight excluding hydrogens is 244 g/mol. The van der Waals surface area contributed by atoms with Gasteiger partial charge in [0, 0.05) is 18.0 Å². The van der Waals surface area contributed by atoms with Gasteiger partial charge < -0.3 is 5.32 Å². The van der Waals surface area contributed by atoms with Gasteiger partial charge in [0.05, 0.1) is 11.2 Å². The topological polar surface area (TPSA) is 24.9 Å². The fourth-order valence-corrected chi connectivity index (χ4v) is 3.23. The van der Waals surface area contributed by atoms with Gasteiger partial charge in [-0.3, -0.25) is 4.98 Å². The quantitative estimate of drug-likeness (QED) is 0.894. The molecule has 1 aliphatic carbocycles. The van der Waals surface area contributed by atoms with E-state index in [0.29, 0.717) is 6.04 Å². The van der Waals surface area contributed by atoms with Gasteiger partial charge in [0.15, 0.2) is 0 Å². The number of para-hydroxylation sites is 1. The zero-order chi connectivity index (χ0) is 13.8. The molecule has 1 aromatic carbocycles. The van der Waals surface area contributed by atoms with Crippen molar-refractivity contribution >= 4 is 10.9 Å². The van der Waals surface area contributed by atoms with Gasteiger partial charge in [-0.1, -0.05) is 37.6 Å². The molecule has 0 unspecified atom stereocenters. The summed E-state index contributed by atoms with van der Waals surface area (Å²) in [6.45, 7) is 3.21. The molecule has 1 aliphatic rings. The molecule has 106 valence electrons. The first-order valence-electron chi connectivity index (χ1n) is 7.93. The number of nitrogens with zero attached hydrogens (tertiary/aromatic N) is 1. The van der Waals surface area contributed by atoms with E-state index in [1.165, 1.54) is 37.5 Å². The lowest BCUT2D eigenvalue weighted by Crippen LogP contribution is -2.32. The Morgan fingerprint density at radius 1 is 1.05 bits per heavy atom. The molecule has 1 saturated carbocycles. The van der Waals surface area contributed by atoms with E-state index in [4.69, 9.17) is 4.98 Å². The van der Waals surface area contributed by atoms with Crippen LogP contribution in [-0.4, -0.2) is 11.0 Å². The van der Waals surface area contributed by atoms with Crippen LogP contribution in [0.1, 0.15) is 44.7 Å². The summed E-state index contributed by atoms with van der Waals surface area (Å²) in [6, 6.07) is 13.3. The molecule has 1 fully saturated rings. The average Bonchev–Trinajstić information content (AvgIpc) is 2.53. The molecule has 0 radical (unpaired) electrons. The second-order valence-corrected chi connectivity index (χ2v) is 6.00. The highest BCUT2D eigenvalue weighted by Crippen LogP contribution is 2.26. The van der Waals surface area contributed by atoms with Crippen molar-refractivity contribution in [3.05, 3.63) is 42.1 Å². The molecule has 0 amide bonds. The molecule has 2 heteroatoms. The van der Waals surface area contributed by atoms with Crippen LogP contribution in [0.3, 0.4) is 0 Å². The minimum atomic E-state index is 0.686. The maximum Gasteiger partial charge on any atom is 0.0705 e. The Hall–Kier alpha value is -1.41. The molecule has 1 aromatic heterocycles. The summed E-state index contributed by atoms with van der Waals surface area (Å²) < 4.78 is 0. The van der Waals surface area contributed by atoms with E-state index in [-0.39, 0.29) is 0 Å². The van der Waals surface area contributed by atoms with Crippen molar-refractivity contribution in [2.75, 3.05) is 0 Å². The molecule has 2 nitrogen and oxygen atoms in total. The molecule has 0 aliphatic heterocycles. The Bertz CT molecular complexity index is 556. The molecule has 20 heavy (non-hydrogen) atoms. The fourth-order valence-electron chi connectivity index (χ4n) is 3.23. The van der Waals surface area contributed by atoms with Gasteiger partial charge in [0.1, 0.15) is 0 Å². The van der Waals surface area contributed by atoms with Gasteiger partial charge in [-0.25, -0.2) is 0 Å². The molecule has 0 spiro atoms. The van der Waals surface area contributed by atoms with Gasteiger partial charge in [0.25, 0.3) is 0 Å². The molecule has 0 saturated heterocycles. The summed E-state index contributed by atoms with van der Waals surface area (Å²) in [4.78, 5) is 4.73. The Balaban J connectivity index is 1.57. The standard InChI is InChI=1S/C18H24N2/c1-2-14-7-10-16(11-8-14)19-13-17-12-9-15-5-3-4-6-18(15)20-17/h3-6,9,12,14,16,19H,2,7-8,10-11,13H2,1H3. The molecule has 3 rings (SSSR count). The fraction of sp³-hybridized carbons (Fsp3) is 0.500. The van der Waals surface area contributed by atoms with Crippen molar-refractivity contribution in [2.24, 2.45) is 5.92 Å². The maximum absolute atomic E-state index is 4.73. The maximum atomic E-state index is 4.73. The summed E-state index contributed by atoms with van der Waals surface area (Å²) in [5.41, 5.74) is 2.25. The molecular formula is C18H24N2. The van der Waals surface area contributed by atoms with E-state index in [9.17, 15) is 0 Å². The summed E-state index contributed by atoms with van der Waals surface area (Å²) >= 11 is 0. The number of pyridine rings is 1. The zero-order valence-corrected chi connectivity index (χ0v) is 12.3. The number of benzene rings is 1. The van der Waals surface area contributed by atoms with Gasteiger partial charge >= 0.3 is 0 Å². The van der Waals surface area contributed by atoms with E-state index in [1.807, 2.05) is 0 Å². The zero-order valence-electron chi connectivity index (χ0n) is 12.3. The number of rotatable bonds is 4. The van der Waals surface area contributed by atoms with E-state index >= 15 is 0 Å². The van der Waals surface area contributed by atoms with Crippen LogP contribution < -0.4 is 5.32 Å². The third kappa shape index (κ3) is 3.18. The van der Waals surface area contributed by atoms with Crippen LogP contribution in [0.2, 0.25) is 0 Å². The number of hydrogen-bond donors (Lipinski definition) is 1. The van der Waals surface area contributed by atoms with E-state index in [1.54, 1.807) is 0 Å². The van der Waals surface area contributed by atoms with Crippen molar-refractivity contribution in [3.8, 4) is 0 Å². The summed E-state index contributed by atoms with van der Waals surface area (Å²) in [5.74, 6) is 0.965. The SMILES string of the molecule is CCC1CCC(NCc2ccc3ccccc3n2)CC1. The predicted octanol–water partition coefficient (Wildman–Crippen LogP) is 4.29. The van der Waals surface area contributed by atoms with E-state index in [2.05, 4.69) is 48.6 Å². The van der Waals surface area contributed by atoms with Crippen molar-refractivity contribution in [1.82, 2.24) is 10.3 Å². The highest BCUT2D eigenvalue weighted by atomic mass is 14.9. The number of hydrogen-bond acceptors (Lipinski definition) is 2. The molecule has 1 heterocycles. The van der Waals surface area contributed by atoms with E-state index in [0.717, 1.165) is 23.7 Å². The first kappa shape index (κ1) is 13.6. The van der Waals surface area contributed by atoms with Gasteiger partial charge in [0.2, 0.25) is 0 Å². The van der Waals surface area contributed by atoms with Gasteiger partial charge in [-0.15, -0.1) is 0 Å². The summed E-state index contributed by atoms with van der Waals surface area (Å²) in [7, 11) is 0. The van der Waals surface area contributed by atoms with Crippen LogP contribution >= 0.6 is 0 Å². The molecule has 0 atom stereocenters. The normalized spacial score (nSPS) is 23.1. The first-order chi connectivity index (χ1) is 9.85. The first-order valence-corrected chi connectivity index (χ1v) is 7.93. The number of fused-ring (bicyclic) bond motifs is 1. The van der Waals surface area contributed by atoms with Crippen LogP contribution in [0.4, 0.5) is 0 Å². The van der Waals surface area contributed by atoms with Crippen LogP contribution in [0, 0.1) is 5.92 Å². The van der Waals surface area contributed by atoms with E-state index < -0.39 is 0 Å². The highest BCUT2D eigenvalue weighted by Gasteiger charge is 2.19. The lowest BCUT2D eigenvalue weighted by atomic mass is 9.84. The van der Waals surface area contributed by atoms with Crippen LogP contribution in [-0.2, 0) is 6.54 Å². The third-order valence-electron chi connectivity index (χ3n) is 4.65. The third-order valence-corrected chi connectivity index (χ3v) is 4.65. The Labute approximate surface area is 121 Å². The monoisotopic (exact) mass is 268 g/mol. The lowest BCUT2D eigenvalue weighted by Gasteiger charge is -2.28. The predicted molar refractivity (Wildman–Crippen MR) is 84.6 cm³/mol. The minimum absolute atomic E-state index is 0.686. The second-order valence-electron chi connectivity index (χ2n) is 6.00. The molecule has 2 aromatic rings. The Kier molecular flexibility index (Phi) is 4.31. The van der Waals surface area contributed by atoms with Gasteiger partial charge in [-0.05, 0) is 43.7 Å². The van der Waals surface area contributed by atoms with Crippen molar-refractivity contribution in [1.29, 1.82) is 0 Å².